The highest BCUT2D eigenvalue weighted by molar-refractivity contribution is 6.34. The number of likely N-dealkylation sites (tertiary alicyclic amines) is 1. The SMILES string of the molecule is CC(C)C(=O)Nc1ccc(C(=O)N[C@H](C(=O)N2CCC[C@H]2C(=O)N[C@H](C=O)CC(=O)O)C(C)C)c(Cl)c1. The summed E-state index contributed by atoms with van der Waals surface area (Å²) in [5.74, 6) is -3.71. The average Bonchev–Trinajstić information content (AvgIpc) is 3.31. The largest absolute Gasteiger partial charge is 0.481 e. The number of carboxylic acid groups (broad SMARTS) is 1. The molecule has 0 radical (unpaired) electrons. The zero-order valence-electron chi connectivity index (χ0n) is 21.2. The molecule has 2 rings (SSSR count). The average molecular weight is 537 g/mol. The van der Waals surface area contributed by atoms with Crippen molar-refractivity contribution in [2.45, 2.75) is 65.1 Å². The molecule has 0 unspecified atom stereocenters. The number of rotatable bonds is 11. The highest BCUT2D eigenvalue weighted by Gasteiger charge is 2.39. The van der Waals surface area contributed by atoms with Crippen molar-refractivity contribution in [1.29, 1.82) is 0 Å². The summed E-state index contributed by atoms with van der Waals surface area (Å²) in [6, 6.07) is 1.36. The number of anilines is 1. The summed E-state index contributed by atoms with van der Waals surface area (Å²) in [4.78, 5) is 74.5. The molecule has 4 N–H and O–H groups in total. The first-order valence-electron chi connectivity index (χ1n) is 12.0. The zero-order chi connectivity index (χ0) is 27.9. The number of carbonyl (C=O) groups is 6. The molecular weight excluding hydrogens is 504 g/mol. The molecule has 11 nitrogen and oxygen atoms in total. The highest BCUT2D eigenvalue weighted by atomic mass is 35.5. The number of aliphatic carboxylic acids is 1. The van der Waals surface area contributed by atoms with Gasteiger partial charge in [0.05, 0.1) is 23.0 Å². The minimum Gasteiger partial charge on any atom is -0.481 e. The molecule has 1 aromatic carbocycles. The van der Waals surface area contributed by atoms with Crippen molar-refractivity contribution in [3.8, 4) is 0 Å². The third-order valence-electron chi connectivity index (χ3n) is 5.95. The third kappa shape index (κ3) is 8.01. The number of nitrogens with one attached hydrogen (secondary N) is 3. The lowest BCUT2D eigenvalue weighted by molar-refractivity contribution is -0.142. The van der Waals surface area contributed by atoms with E-state index in [1.807, 2.05) is 0 Å². The van der Waals surface area contributed by atoms with Crippen LogP contribution < -0.4 is 16.0 Å². The van der Waals surface area contributed by atoms with Crippen molar-refractivity contribution in [3.05, 3.63) is 28.8 Å². The van der Waals surface area contributed by atoms with Crippen LogP contribution in [-0.4, -0.2) is 70.6 Å². The molecule has 1 aliphatic heterocycles. The van der Waals surface area contributed by atoms with E-state index in [1.54, 1.807) is 27.7 Å². The van der Waals surface area contributed by atoms with Crippen molar-refractivity contribution in [3.63, 3.8) is 0 Å². The van der Waals surface area contributed by atoms with Crippen molar-refractivity contribution < 1.29 is 33.9 Å². The molecule has 12 heteroatoms. The summed E-state index contributed by atoms with van der Waals surface area (Å²) in [7, 11) is 0. The molecule has 1 aromatic rings. The van der Waals surface area contributed by atoms with Crippen LogP contribution in [0.3, 0.4) is 0 Å². The third-order valence-corrected chi connectivity index (χ3v) is 6.26. The van der Waals surface area contributed by atoms with Gasteiger partial charge in [-0.3, -0.25) is 24.0 Å². The lowest BCUT2D eigenvalue weighted by Crippen LogP contribution is -2.56. The van der Waals surface area contributed by atoms with E-state index < -0.39 is 48.2 Å². The topological polar surface area (TPSA) is 162 Å². The van der Waals surface area contributed by atoms with Crippen LogP contribution in [0.4, 0.5) is 5.69 Å². The molecule has 3 atom stereocenters. The van der Waals surface area contributed by atoms with Gasteiger partial charge in [-0.25, -0.2) is 0 Å². The Morgan fingerprint density at radius 3 is 2.35 bits per heavy atom. The van der Waals surface area contributed by atoms with Crippen LogP contribution in [-0.2, 0) is 24.0 Å². The fourth-order valence-corrected chi connectivity index (χ4v) is 4.14. The molecule has 0 aromatic heterocycles. The Hall–Kier alpha value is -3.47. The van der Waals surface area contributed by atoms with E-state index in [0.29, 0.717) is 24.8 Å². The van der Waals surface area contributed by atoms with Crippen LogP contribution in [0, 0.1) is 11.8 Å². The maximum atomic E-state index is 13.4. The number of carbonyl (C=O) groups excluding carboxylic acids is 5. The monoisotopic (exact) mass is 536 g/mol. The smallest absolute Gasteiger partial charge is 0.305 e. The second kappa shape index (κ2) is 13.2. The van der Waals surface area contributed by atoms with E-state index >= 15 is 0 Å². The molecule has 37 heavy (non-hydrogen) atoms. The van der Waals surface area contributed by atoms with E-state index in [4.69, 9.17) is 16.7 Å². The number of aldehydes is 1. The van der Waals surface area contributed by atoms with Crippen molar-refractivity contribution >= 4 is 53.2 Å². The molecule has 0 bridgehead atoms. The molecule has 0 aliphatic carbocycles. The van der Waals surface area contributed by atoms with E-state index in [9.17, 15) is 28.8 Å². The summed E-state index contributed by atoms with van der Waals surface area (Å²) in [5.41, 5.74) is 0.542. The fraction of sp³-hybridized carbons (Fsp3) is 0.520. The van der Waals surface area contributed by atoms with Gasteiger partial charge in [0.2, 0.25) is 17.7 Å². The first-order valence-corrected chi connectivity index (χ1v) is 12.4. The molecule has 0 spiro atoms. The molecule has 1 aliphatic rings. The molecule has 202 valence electrons. The van der Waals surface area contributed by atoms with Crippen molar-refractivity contribution in [2.24, 2.45) is 11.8 Å². The second-order valence-electron chi connectivity index (χ2n) is 9.57. The Morgan fingerprint density at radius 2 is 1.81 bits per heavy atom. The summed E-state index contributed by atoms with van der Waals surface area (Å²) >= 11 is 6.29. The van der Waals surface area contributed by atoms with Gasteiger partial charge in [0.15, 0.2) is 0 Å². The number of amides is 4. The van der Waals surface area contributed by atoms with Crippen LogP contribution in [0.25, 0.3) is 0 Å². The van der Waals surface area contributed by atoms with Gasteiger partial charge < -0.3 is 30.8 Å². The highest BCUT2D eigenvalue weighted by Crippen LogP contribution is 2.24. The van der Waals surface area contributed by atoms with E-state index in [1.165, 1.54) is 23.1 Å². The normalized spacial score (nSPS) is 16.7. The molecular formula is C25H33ClN4O7. The number of halogens is 1. The standard InChI is InChI=1S/C25H33ClN4O7/c1-13(2)21(29-23(35)17-8-7-15(10-18(17)26)27-22(34)14(3)4)25(37)30-9-5-6-19(30)24(36)28-16(12-31)11-20(32)33/h7-8,10,12-14,16,19,21H,5-6,9,11H2,1-4H3,(H,27,34)(H,28,36)(H,29,35)(H,32,33)/t16-,19-,21-/m0/s1. The number of benzene rings is 1. The predicted octanol–water partition coefficient (Wildman–Crippen LogP) is 1.84. The van der Waals surface area contributed by atoms with Gasteiger partial charge in [-0.1, -0.05) is 39.3 Å². The Kier molecular flexibility index (Phi) is 10.6. The Morgan fingerprint density at radius 1 is 1.14 bits per heavy atom. The fourth-order valence-electron chi connectivity index (χ4n) is 3.88. The Balaban J connectivity index is 2.15. The van der Waals surface area contributed by atoms with E-state index in [2.05, 4.69) is 16.0 Å². The van der Waals surface area contributed by atoms with Gasteiger partial charge in [0.25, 0.3) is 5.91 Å². The van der Waals surface area contributed by atoms with Crippen LogP contribution in [0.5, 0.6) is 0 Å². The van der Waals surface area contributed by atoms with Gasteiger partial charge in [-0.15, -0.1) is 0 Å². The van der Waals surface area contributed by atoms with Gasteiger partial charge in [0.1, 0.15) is 18.4 Å². The number of hydrogen-bond acceptors (Lipinski definition) is 6. The molecule has 0 saturated carbocycles. The zero-order valence-corrected chi connectivity index (χ0v) is 22.0. The first kappa shape index (κ1) is 29.8. The van der Waals surface area contributed by atoms with Crippen LogP contribution in [0.15, 0.2) is 18.2 Å². The minimum absolute atomic E-state index is 0.0887. The minimum atomic E-state index is -1.24. The van der Waals surface area contributed by atoms with E-state index in [0.717, 1.165) is 0 Å². The molecule has 1 heterocycles. The van der Waals surface area contributed by atoms with Crippen LogP contribution in [0.1, 0.15) is 57.3 Å². The van der Waals surface area contributed by atoms with Crippen molar-refractivity contribution in [1.82, 2.24) is 15.5 Å². The summed E-state index contributed by atoms with van der Waals surface area (Å²) < 4.78 is 0. The van der Waals surface area contributed by atoms with Gasteiger partial charge in [-0.05, 0) is 37.0 Å². The maximum Gasteiger partial charge on any atom is 0.305 e. The number of nitrogens with zero attached hydrogens (tertiary/aromatic N) is 1. The quantitative estimate of drug-likeness (QED) is 0.313. The Bertz CT molecular complexity index is 1060. The summed E-state index contributed by atoms with van der Waals surface area (Å²) in [6.45, 7) is 7.25. The molecule has 1 fully saturated rings. The number of hydrogen-bond donors (Lipinski definition) is 4. The molecule has 4 amide bonds. The first-order chi connectivity index (χ1) is 17.3. The maximum absolute atomic E-state index is 13.4. The lowest BCUT2D eigenvalue weighted by Gasteiger charge is -2.31. The van der Waals surface area contributed by atoms with Gasteiger partial charge >= 0.3 is 5.97 Å². The Labute approximate surface area is 220 Å². The predicted molar refractivity (Wildman–Crippen MR) is 136 cm³/mol. The van der Waals surface area contributed by atoms with Gasteiger partial charge in [-0.2, -0.15) is 0 Å². The number of carboxylic acids is 1. The molecule has 1 saturated heterocycles. The van der Waals surface area contributed by atoms with Gasteiger partial charge in [0, 0.05) is 18.2 Å². The van der Waals surface area contributed by atoms with Crippen molar-refractivity contribution in [2.75, 3.05) is 11.9 Å². The second-order valence-corrected chi connectivity index (χ2v) is 9.98. The lowest BCUT2D eigenvalue weighted by atomic mass is 10.0. The summed E-state index contributed by atoms with van der Waals surface area (Å²) in [5, 5.41) is 16.8. The van der Waals surface area contributed by atoms with E-state index in [-0.39, 0.29) is 34.9 Å². The summed E-state index contributed by atoms with van der Waals surface area (Å²) in [6.07, 6.45) is 0.641. The van der Waals surface area contributed by atoms with Crippen LogP contribution >= 0.6 is 11.6 Å². The van der Waals surface area contributed by atoms with Crippen LogP contribution in [0.2, 0.25) is 5.02 Å².